The number of oxime groups is 1. The van der Waals surface area contributed by atoms with E-state index in [1.807, 2.05) is 19.1 Å². The third kappa shape index (κ3) is 6.78. The number of rotatable bonds is 10. The molecule has 26 heavy (non-hydrogen) atoms. The van der Waals surface area contributed by atoms with Gasteiger partial charge in [-0.25, -0.2) is 0 Å². The zero-order chi connectivity index (χ0) is 18.6. The average Bonchev–Trinajstić information content (AvgIpc) is 2.67. The fourth-order valence-corrected chi connectivity index (χ4v) is 2.78. The highest BCUT2D eigenvalue weighted by Gasteiger charge is 2.06. The number of methoxy groups -OCH3 is 1. The van der Waals surface area contributed by atoms with Crippen molar-refractivity contribution in [2.75, 3.05) is 26.9 Å². The zero-order valence-corrected chi connectivity index (χ0v) is 15.6. The maximum atomic E-state index is 11.7. The summed E-state index contributed by atoms with van der Waals surface area (Å²) >= 11 is 0. The van der Waals surface area contributed by atoms with E-state index in [1.54, 1.807) is 19.4 Å². The van der Waals surface area contributed by atoms with Crippen LogP contribution in [0.25, 0.3) is 0 Å². The monoisotopic (exact) mass is 360 g/mol. The summed E-state index contributed by atoms with van der Waals surface area (Å²) in [6, 6.07) is 5.46. The molecule has 1 amide bonds. The van der Waals surface area contributed by atoms with E-state index in [4.69, 9.17) is 14.3 Å². The van der Waals surface area contributed by atoms with E-state index < -0.39 is 0 Å². The van der Waals surface area contributed by atoms with Gasteiger partial charge in [-0.1, -0.05) is 16.8 Å². The Morgan fingerprint density at radius 1 is 1.31 bits per heavy atom. The van der Waals surface area contributed by atoms with Crippen LogP contribution in [-0.4, -0.2) is 39.0 Å². The van der Waals surface area contributed by atoms with E-state index in [9.17, 15) is 4.79 Å². The summed E-state index contributed by atoms with van der Waals surface area (Å²) in [4.78, 5) is 16.8. The molecule has 142 valence electrons. The predicted octanol–water partition coefficient (Wildman–Crippen LogP) is 3.45. The molecule has 1 aromatic rings. The van der Waals surface area contributed by atoms with E-state index in [0.717, 1.165) is 24.8 Å². The van der Waals surface area contributed by atoms with E-state index in [0.29, 0.717) is 24.7 Å². The number of carbonyl (C=O) groups excluding carboxylic acids is 1. The molecular weight excluding hydrogens is 332 g/mol. The van der Waals surface area contributed by atoms with E-state index in [1.165, 1.54) is 18.4 Å². The predicted molar refractivity (Wildman–Crippen MR) is 102 cm³/mol. The second kappa shape index (κ2) is 11.2. The van der Waals surface area contributed by atoms with Crippen molar-refractivity contribution in [2.24, 2.45) is 5.16 Å². The number of nitrogens with one attached hydrogen (secondary N) is 1. The Bertz CT molecular complexity index is 641. The second-order valence-corrected chi connectivity index (χ2v) is 6.06. The highest BCUT2D eigenvalue weighted by molar-refractivity contribution is 5.81. The third-order valence-electron chi connectivity index (χ3n) is 4.11. The van der Waals surface area contributed by atoms with Gasteiger partial charge in [-0.15, -0.1) is 0 Å². The molecule has 0 aliphatic heterocycles. The average molecular weight is 360 g/mol. The highest BCUT2D eigenvalue weighted by Crippen LogP contribution is 2.27. The maximum Gasteiger partial charge on any atom is 0.260 e. The molecule has 1 aliphatic carbocycles. The number of allylic oxidation sites excluding steroid dienone is 1. The largest absolute Gasteiger partial charge is 0.493 e. The van der Waals surface area contributed by atoms with Gasteiger partial charge in [0.2, 0.25) is 0 Å². The molecule has 0 radical (unpaired) electrons. The lowest BCUT2D eigenvalue weighted by atomic mass is 9.97. The summed E-state index contributed by atoms with van der Waals surface area (Å²) in [5.74, 6) is 1.15. The van der Waals surface area contributed by atoms with E-state index >= 15 is 0 Å². The lowest BCUT2D eigenvalue weighted by Crippen LogP contribution is -2.28. The van der Waals surface area contributed by atoms with E-state index in [2.05, 4.69) is 16.5 Å². The Kier molecular flexibility index (Phi) is 8.52. The second-order valence-electron chi connectivity index (χ2n) is 6.06. The maximum absolute atomic E-state index is 11.7. The summed E-state index contributed by atoms with van der Waals surface area (Å²) in [6.45, 7) is 3.04. The SMILES string of the molecule is CCOc1ccc(/C=N/OCC(=O)NCCC2=CCCCC2)cc1OC. The summed E-state index contributed by atoms with van der Waals surface area (Å²) in [5, 5.41) is 6.69. The van der Waals surface area contributed by atoms with Crippen LogP contribution in [0, 0.1) is 0 Å². The molecule has 0 aromatic heterocycles. The van der Waals surface area contributed by atoms with Gasteiger partial charge in [-0.05, 0) is 57.2 Å². The van der Waals surface area contributed by atoms with Crippen molar-refractivity contribution in [3.63, 3.8) is 0 Å². The Morgan fingerprint density at radius 3 is 2.92 bits per heavy atom. The molecule has 0 heterocycles. The number of hydrogen-bond donors (Lipinski definition) is 1. The molecule has 1 aromatic carbocycles. The summed E-state index contributed by atoms with van der Waals surface area (Å²) in [6.07, 6.45) is 9.61. The van der Waals surface area contributed by atoms with E-state index in [-0.39, 0.29) is 12.5 Å². The highest BCUT2D eigenvalue weighted by atomic mass is 16.6. The Morgan fingerprint density at radius 2 is 2.19 bits per heavy atom. The summed E-state index contributed by atoms with van der Waals surface area (Å²) in [5.41, 5.74) is 2.25. The number of amides is 1. The number of ether oxygens (including phenoxy) is 2. The molecule has 0 saturated heterocycles. The van der Waals surface area contributed by atoms with Gasteiger partial charge in [0.1, 0.15) is 0 Å². The van der Waals surface area contributed by atoms with Gasteiger partial charge in [0.25, 0.3) is 5.91 Å². The molecule has 6 nitrogen and oxygen atoms in total. The van der Waals surface area contributed by atoms with Crippen molar-refractivity contribution in [1.29, 1.82) is 0 Å². The first-order valence-electron chi connectivity index (χ1n) is 9.13. The minimum Gasteiger partial charge on any atom is -0.493 e. The minimum atomic E-state index is -0.164. The van der Waals surface area contributed by atoms with Crippen molar-refractivity contribution in [1.82, 2.24) is 5.32 Å². The molecule has 0 spiro atoms. The Labute approximate surface area is 155 Å². The van der Waals surface area contributed by atoms with Gasteiger partial charge in [0.05, 0.1) is 19.9 Å². The summed E-state index contributed by atoms with van der Waals surface area (Å²) in [7, 11) is 1.59. The minimum absolute atomic E-state index is 0.0935. The first-order valence-corrected chi connectivity index (χ1v) is 9.13. The van der Waals surface area contributed by atoms with Crippen LogP contribution in [0.4, 0.5) is 0 Å². The van der Waals surface area contributed by atoms with Crippen LogP contribution in [0.1, 0.15) is 44.6 Å². The van der Waals surface area contributed by atoms with Crippen LogP contribution in [-0.2, 0) is 9.63 Å². The Balaban J connectivity index is 1.69. The fraction of sp³-hybridized carbons (Fsp3) is 0.500. The number of benzene rings is 1. The smallest absolute Gasteiger partial charge is 0.260 e. The number of carbonyl (C=O) groups is 1. The Hall–Kier alpha value is -2.50. The molecule has 0 bridgehead atoms. The van der Waals surface area contributed by atoms with Crippen molar-refractivity contribution in [3.05, 3.63) is 35.4 Å². The molecule has 0 saturated carbocycles. The molecule has 6 heteroatoms. The molecule has 1 aliphatic rings. The van der Waals surface area contributed by atoms with Crippen LogP contribution in [0.3, 0.4) is 0 Å². The van der Waals surface area contributed by atoms with Gasteiger partial charge in [0, 0.05) is 12.1 Å². The van der Waals surface area contributed by atoms with Crippen LogP contribution >= 0.6 is 0 Å². The van der Waals surface area contributed by atoms with Crippen molar-refractivity contribution < 1.29 is 19.1 Å². The fourth-order valence-electron chi connectivity index (χ4n) is 2.78. The normalized spacial score (nSPS) is 14.0. The van der Waals surface area contributed by atoms with Gasteiger partial charge in [-0.3, -0.25) is 4.79 Å². The molecule has 0 fully saturated rings. The third-order valence-corrected chi connectivity index (χ3v) is 4.11. The molecule has 2 rings (SSSR count). The number of hydrogen-bond acceptors (Lipinski definition) is 5. The molecule has 0 atom stereocenters. The van der Waals surface area contributed by atoms with Crippen molar-refractivity contribution in [3.8, 4) is 11.5 Å². The molecule has 1 N–H and O–H groups in total. The van der Waals surface area contributed by atoms with Crippen molar-refractivity contribution >= 4 is 12.1 Å². The van der Waals surface area contributed by atoms with Crippen LogP contribution in [0.15, 0.2) is 35.0 Å². The quantitative estimate of drug-likeness (QED) is 0.394. The van der Waals surface area contributed by atoms with Gasteiger partial charge in [0.15, 0.2) is 18.1 Å². The van der Waals surface area contributed by atoms with Gasteiger partial charge in [-0.2, -0.15) is 0 Å². The van der Waals surface area contributed by atoms with Gasteiger partial charge < -0.3 is 19.6 Å². The first kappa shape index (κ1) is 19.8. The first-order chi connectivity index (χ1) is 12.7. The molecular formula is C20H28N2O4. The van der Waals surface area contributed by atoms with Crippen LogP contribution in [0.5, 0.6) is 11.5 Å². The number of nitrogens with zero attached hydrogens (tertiary/aromatic N) is 1. The molecule has 0 unspecified atom stereocenters. The van der Waals surface area contributed by atoms with Crippen molar-refractivity contribution in [2.45, 2.75) is 39.0 Å². The zero-order valence-electron chi connectivity index (χ0n) is 15.6. The lowest BCUT2D eigenvalue weighted by Gasteiger charge is -2.12. The lowest BCUT2D eigenvalue weighted by molar-refractivity contribution is -0.125. The summed E-state index contributed by atoms with van der Waals surface area (Å²) < 4.78 is 10.7. The van der Waals surface area contributed by atoms with Crippen LogP contribution in [0.2, 0.25) is 0 Å². The topological polar surface area (TPSA) is 69.2 Å². The van der Waals surface area contributed by atoms with Gasteiger partial charge >= 0.3 is 0 Å². The standard InChI is InChI=1S/C20H28N2O4/c1-3-25-18-10-9-17(13-19(18)24-2)14-22-26-15-20(23)21-12-11-16-7-5-4-6-8-16/h7,9-10,13-14H,3-6,8,11-12,15H2,1-2H3,(H,21,23)/b22-14+. The van der Waals surface area contributed by atoms with Crippen LogP contribution < -0.4 is 14.8 Å².